The molecule has 2 heteroatoms. The molecule has 0 bridgehead atoms. The maximum Gasteiger partial charge on any atom is 0.192 e. The molecule has 92 valence electrons. The van der Waals surface area contributed by atoms with Crippen LogP contribution in [0.2, 0.25) is 0 Å². The van der Waals surface area contributed by atoms with Crippen LogP contribution in [0, 0.1) is 0 Å². The van der Waals surface area contributed by atoms with Crippen LogP contribution in [0.15, 0.2) is 16.9 Å². The number of pyridine rings is 1. The quantitative estimate of drug-likeness (QED) is 0.753. The molecule has 2 aliphatic rings. The van der Waals surface area contributed by atoms with Crippen LogP contribution in [0.3, 0.4) is 0 Å². The normalized spacial score (nSPS) is 17.8. The summed E-state index contributed by atoms with van der Waals surface area (Å²) < 4.78 is 0. The van der Waals surface area contributed by atoms with Gasteiger partial charge in [0.25, 0.3) is 0 Å². The minimum Gasteiger partial charge on any atom is -0.358 e. The van der Waals surface area contributed by atoms with Crippen LogP contribution >= 0.6 is 0 Å². The fourth-order valence-corrected chi connectivity index (χ4v) is 3.61. The Labute approximate surface area is 106 Å². The van der Waals surface area contributed by atoms with Gasteiger partial charge >= 0.3 is 0 Å². The minimum atomic E-state index is 0.282. The molecule has 0 fully saturated rings. The topological polar surface area (TPSA) is 32.9 Å². The maximum atomic E-state index is 12.5. The van der Waals surface area contributed by atoms with E-state index in [0.29, 0.717) is 0 Å². The maximum absolute atomic E-state index is 12.5. The molecule has 1 heterocycles. The Hall–Kier alpha value is -1.57. The van der Waals surface area contributed by atoms with Gasteiger partial charge in [-0.1, -0.05) is 6.07 Å². The summed E-state index contributed by atoms with van der Waals surface area (Å²) in [6.07, 6.45) is 7.96. The largest absolute Gasteiger partial charge is 0.358 e. The fourth-order valence-electron chi connectivity index (χ4n) is 3.61. The zero-order valence-electron chi connectivity index (χ0n) is 10.5. The zero-order valence-corrected chi connectivity index (χ0v) is 10.5. The van der Waals surface area contributed by atoms with Gasteiger partial charge in [-0.25, -0.2) is 0 Å². The number of benzene rings is 1. The summed E-state index contributed by atoms with van der Waals surface area (Å²) in [5.41, 5.74) is 6.51. The summed E-state index contributed by atoms with van der Waals surface area (Å²) >= 11 is 0. The Morgan fingerprint density at radius 1 is 0.889 bits per heavy atom. The zero-order chi connectivity index (χ0) is 12.1. The highest BCUT2D eigenvalue weighted by Gasteiger charge is 2.20. The highest BCUT2D eigenvalue weighted by molar-refractivity contribution is 5.84. The van der Waals surface area contributed by atoms with Crippen LogP contribution in [0.5, 0.6) is 0 Å². The smallest absolute Gasteiger partial charge is 0.192 e. The number of aromatic nitrogens is 1. The Morgan fingerprint density at radius 2 is 1.72 bits per heavy atom. The van der Waals surface area contributed by atoms with Gasteiger partial charge in [-0.15, -0.1) is 0 Å². The van der Waals surface area contributed by atoms with E-state index >= 15 is 0 Å². The third-order valence-electron chi connectivity index (χ3n) is 4.55. The van der Waals surface area contributed by atoms with Crippen LogP contribution in [0.4, 0.5) is 0 Å². The Bertz CT molecular complexity index is 696. The lowest BCUT2D eigenvalue weighted by Gasteiger charge is -2.18. The van der Waals surface area contributed by atoms with E-state index in [-0.39, 0.29) is 5.43 Å². The Kier molecular flexibility index (Phi) is 2.14. The molecule has 1 aromatic carbocycles. The number of hydrogen-bond acceptors (Lipinski definition) is 1. The predicted molar refractivity (Wildman–Crippen MR) is 73.2 cm³/mol. The summed E-state index contributed by atoms with van der Waals surface area (Å²) in [4.78, 5) is 16.1. The van der Waals surface area contributed by atoms with Crippen molar-refractivity contribution >= 4 is 10.9 Å². The number of nitrogens with one attached hydrogen (secondary N) is 1. The molecule has 2 nitrogen and oxygen atoms in total. The molecule has 0 atom stereocenters. The van der Waals surface area contributed by atoms with Crippen LogP contribution < -0.4 is 5.43 Å². The monoisotopic (exact) mass is 239 g/mol. The standard InChI is InChI=1S/C16H17NO/c18-16-12-6-3-7-14(12)17-15-11-5-2-1-4-10(11)8-9-13(15)16/h8-9H,1-7H2,(H,17,18). The third kappa shape index (κ3) is 1.32. The average molecular weight is 239 g/mol. The average Bonchev–Trinajstić information content (AvgIpc) is 2.87. The lowest BCUT2D eigenvalue weighted by Crippen LogP contribution is -2.13. The van der Waals surface area contributed by atoms with Crippen LogP contribution in [-0.4, -0.2) is 4.98 Å². The van der Waals surface area contributed by atoms with Gasteiger partial charge in [0, 0.05) is 16.6 Å². The molecule has 1 N–H and O–H groups in total. The number of H-pyrrole nitrogens is 1. The molecular weight excluding hydrogens is 222 g/mol. The molecule has 0 radical (unpaired) electrons. The SMILES string of the molecule is O=c1c2c([nH]c3c4c(ccc13)CCCC4)CCC2. The first-order chi connectivity index (χ1) is 8.84. The molecule has 1 aromatic heterocycles. The van der Waals surface area contributed by atoms with Crippen LogP contribution in [-0.2, 0) is 25.7 Å². The summed E-state index contributed by atoms with van der Waals surface area (Å²) in [7, 11) is 0. The molecule has 0 amide bonds. The van der Waals surface area contributed by atoms with Gasteiger partial charge in [0.1, 0.15) is 0 Å². The lowest BCUT2D eigenvalue weighted by atomic mass is 9.89. The second kappa shape index (κ2) is 3.71. The number of aromatic amines is 1. The van der Waals surface area contributed by atoms with Gasteiger partial charge < -0.3 is 4.98 Å². The summed E-state index contributed by atoms with van der Waals surface area (Å²) in [5.74, 6) is 0. The van der Waals surface area contributed by atoms with Gasteiger partial charge in [0.05, 0.1) is 5.52 Å². The first-order valence-electron chi connectivity index (χ1n) is 7.03. The second-order valence-corrected chi connectivity index (χ2v) is 5.60. The molecule has 4 rings (SSSR count). The minimum absolute atomic E-state index is 0.282. The van der Waals surface area contributed by atoms with E-state index in [1.165, 1.54) is 36.1 Å². The van der Waals surface area contributed by atoms with Crippen molar-refractivity contribution in [1.82, 2.24) is 4.98 Å². The highest BCUT2D eigenvalue weighted by atomic mass is 16.1. The molecule has 2 aliphatic carbocycles. The van der Waals surface area contributed by atoms with Crippen molar-refractivity contribution in [3.8, 4) is 0 Å². The van der Waals surface area contributed by atoms with Crippen molar-refractivity contribution in [1.29, 1.82) is 0 Å². The Balaban J connectivity index is 2.11. The number of rotatable bonds is 0. The van der Waals surface area contributed by atoms with Crippen LogP contribution in [0.25, 0.3) is 10.9 Å². The molecule has 0 unspecified atom stereocenters. The first kappa shape index (κ1) is 10.4. The van der Waals surface area contributed by atoms with E-state index in [9.17, 15) is 4.79 Å². The van der Waals surface area contributed by atoms with Crippen molar-refractivity contribution in [3.63, 3.8) is 0 Å². The van der Waals surface area contributed by atoms with E-state index in [0.717, 1.165) is 42.1 Å². The molecule has 0 saturated heterocycles. The molecule has 0 aliphatic heterocycles. The first-order valence-corrected chi connectivity index (χ1v) is 7.03. The van der Waals surface area contributed by atoms with E-state index < -0.39 is 0 Å². The van der Waals surface area contributed by atoms with E-state index in [1.807, 2.05) is 6.07 Å². The van der Waals surface area contributed by atoms with Gasteiger partial charge in [0.15, 0.2) is 5.43 Å². The summed E-state index contributed by atoms with van der Waals surface area (Å²) in [6, 6.07) is 4.21. The number of aryl methyl sites for hydroxylation is 3. The Morgan fingerprint density at radius 3 is 2.67 bits per heavy atom. The lowest BCUT2D eigenvalue weighted by molar-refractivity contribution is 0.688. The fraction of sp³-hybridized carbons (Fsp3) is 0.438. The predicted octanol–water partition coefficient (Wildman–Crippen LogP) is 2.90. The van der Waals surface area contributed by atoms with Gasteiger partial charge in [-0.3, -0.25) is 4.79 Å². The van der Waals surface area contributed by atoms with E-state index in [4.69, 9.17) is 0 Å². The number of hydrogen-bond donors (Lipinski definition) is 1. The number of fused-ring (bicyclic) bond motifs is 4. The highest BCUT2D eigenvalue weighted by Crippen LogP contribution is 2.28. The molecule has 2 aromatic rings. The van der Waals surface area contributed by atoms with Crippen molar-refractivity contribution in [2.75, 3.05) is 0 Å². The second-order valence-electron chi connectivity index (χ2n) is 5.60. The van der Waals surface area contributed by atoms with Gasteiger partial charge in [-0.05, 0) is 62.1 Å². The summed E-state index contributed by atoms with van der Waals surface area (Å²) in [6.45, 7) is 0. The van der Waals surface area contributed by atoms with Gasteiger partial charge in [0.2, 0.25) is 0 Å². The van der Waals surface area contributed by atoms with Crippen molar-refractivity contribution in [3.05, 3.63) is 44.7 Å². The van der Waals surface area contributed by atoms with Crippen molar-refractivity contribution in [2.24, 2.45) is 0 Å². The van der Waals surface area contributed by atoms with Crippen LogP contribution in [0.1, 0.15) is 41.6 Å². The van der Waals surface area contributed by atoms with E-state index in [2.05, 4.69) is 11.1 Å². The van der Waals surface area contributed by atoms with Crippen molar-refractivity contribution in [2.45, 2.75) is 44.9 Å². The van der Waals surface area contributed by atoms with Gasteiger partial charge in [-0.2, -0.15) is 0 Å². The third-order valence-corrected chi connectivity index (χ3v) is 4.55. The molecule has 0 spiro atoms. The molecule has 18 heavy (non-hydrogen) atoms. The molecular formula is C16H17NO. The van der Waals surface area contributed by atoms with Crippen molar-refractivity contribution < 1.29 is 0 Å². The van der Waals surface area contributed by atoms with E-state index in [1.54, 1.807) is 0 Å². The molecule has 0 saturated carbocycles. The summed E-state index contributed by atoms with van der Waals surface area (Å²) in [5, 5.41) is 0.913.